The normalized spacial score (nSPS) is 16.6. The first-order chi connectivity index (χ1) is 11.2. The Hall–Kier alpha value is -1.82. The molecule has 1 heterocycles. The molecule has 0 spiro atoms. The summed E-state index contributed by atoms with van der Waals surface area (Å²) >= 11 is 1.54. The standard InChI is InChI=1S/C17H20N2O3S/c20-15(18-10-12-6-7-12)11-23-9-3-8-19-16(21)13-4-1-2-5-14(13)17(19)22/h1-2,4-5,12H,3,6-11H2,(H,18,20). The molecule has 1 aliphatic carbocycles. The van der Waals surface area contributed by atoms with Gasteiger partial charge in [-0.15, -0.1) is 0 Å². The van der Waals surface area contributed by atoms with Gasteiger partial charge in [0.15, 0.2) is 0 Å². The van der Waals surface area contributed by atoms with E-state index in [0.717, 1.165) is 12.3 Å². The minimum Gasteiger partial charge on any atom is -0.355 e. The fraction of sp³-hybridized carbons (Fsp3) is 0.471. The van der Waals surface area contributed by atoms with E-state index in [-0.39, 0.29) is 17.7 Å². The first kappa shape index (κ1) is 16.1. The Morgan fingerprint density at radius 3 is 2.43 bits per heavy atom. The molecule has 23 heavy (non-hydrogen) atoms. The molecular formula is C17H20N2O3S. The number of benzene rings is 1. The third-order valence-electron chi connectivity index (χ3n) is 4.07. The summed E-state index contributed by atoms with van der Waals surface area (Å²) in [7, 11) is 0. The summed E-state index contributed by atoms with van der Waals surface area (Å²) < 4.78 is 0. The summed E-state index contributed by atoms with van der Waals surface area (Å²) in [6.07, 6.45) is 3.16. The molecule has 1 aromatic carbocycles. The quantitative estimate of drug-likeness (QED) is 0.583. The van der Waals surface area contributed by atoms with E-state index in [4.69, 9.17) is 0 Å². The second-order valence-electron chi connectivity index (χ2n) is 5.96. The Morgan fingerprint density at radius 2 is 1.83 bits per heavy atom. The molecule has 3 amide bonds. The van der Waals surface area contributed by atoms with Crippen molar-refractivity contribution in [3.63, 3.8) is 0 Å². The summed E-state index contributed by atoms with van der Waals surface area (Å²) in [5.74, 6) is 1.54. The maximum Gasteiger partial charge on any atom is 0.261 e. The summed E-state index contributed by atoms with van der Waals surface area (Å²) in [4.78, 5) is 37.2. The fourth-order valence-corrected chi connectivity index (χ4v) is 3.33. The van der Waals surface area contributed by atoms with Crippen molar-refractivity contribution in [2.45, 2.75) is 19.3 Å². The Bertz CT molecular complexity index is 593. The monoisotopic (exact) mass is 332 g/mol. The average molecular weight is 332 g/mol. The van der Waals surface area contributed by atoms with Crippen LogP contribution in [0, 0.1) is 5.92 Å². The van der Waals surface area contributed by atoms with Crippen molar-refractivity contribution >= 4 is 29.5 Å². The first-order valence-corrected chi connectivity index (χ1v) is 9.12. The molecule has 1 N–H and O–H groups in total. The van der Waals surface area contributed by atoms with E-state index in [1.165, 1.54) is 17.7 Å². The molecule has 5 nitrogen and oxygen atoms in total. The van der Waals surface area contributed by atoms with Gasteiger partial charge in [-0.3, -0.25) is 19.3 Å². The molecule has 0 atom stereocenters. The van der Waals surface area contributed by atoms with Gasteiger partial charge in [0.1, 0.15) is 0 Å². The molecule has 1 aromatic rings. The highest BCUT2D eigenvalue weighted by Gasteiger charge is 2.34. The summed E-state index contributed by atoms with van der Waals surface area (Å²) in [6, 6.07) is 6.91. The molecule has 1 saturated carbocycles. The summed E-state index contributed by atoms with van der Waals surface area (Å²) in [5, 5.41) is 2.92. The molecule has 2 aliphatic rings. The second kappa shape index (κ2) is 7.17. The lowest BCUT2D eigenvalue weighted by Gasteiger charge is -2.13. The third-order valence-corrected chi connectivity index (χ3v) is 5.11. The lowest BCUT2D eigenvalue weighted by atomic mass is 10.1. The summed E-state index contributed by atoms with van der Waals surface area (Å²) in [6.45, 7) is 1.21. The molecule has 122 valence electrons. The van der Waals surface area contributed by atoms with Gasteiger partial charge in [0, 0.05) is 13.1 Å². The maximum atomic E-state index is 12.2. The lowest BCUT2D eigenvalue weighted by Crippen LogP contribution is -2.31. The van der Waals surface area contributed by atoms with Gasteiger partial charge in [0.05, 0.1) is 16.9 Å². The van der Waals surface area contributed by atoms with E-state index in [1.54, 1.807) is 36.0 Å². The topological polar surface area (TPSA) is 66.5 Å². The number of nitrogens with one attached hydrogen (secondary N) is 1. The van der Waals surface area contributed by atoms with Crippen molar-refractivity contribution in [1.82, 2.24) is 10.2 Å². The van der Waals surface area contributed by atoms with Crippen LogP contribution in [0.3, 0.4) is 0 Å². The van der Waals surface area contributed by atoms with Crippen molar-refractivity contribution in [2.75, 3.05) is 24.6 Å². The molecule has 6 heteroatoms. The highest BCUT2D eigenvalue weighted by atomic mass is 32.2. The van der Waals surface area contributed by atoms with E-state index in [2.05, 4.69) is 5.32 Å². The molecular weight excluding hydrogens is 312 g/mol. The van der Waals surface area contributed by atoms with Crippen molar-refractivity contribution in [2.24, 2.45) is 5.92 Å². The van der Waals surface area contributed by atoms with E-state index >= 15 is 0 Å². The lowest BCUT2D eigenvalue weighted by molar-refractivity contribution is -0.118. The highest BCUT2D eigenvalue weighted by Crippen LogP contribution is 2.27. The molecule has 1 fully saturated rings. The van der Waals surface area contributed by atoms with Crippen LogP contribution >= 0.6 is 11.8 Å². The molecule has 3 rings (SSSR count). The van der Waals surface area contributed by atoms with Gasteiger partial charge < -0.3 is 5.32 Å². The van der Waals surface area contributed by atoms with Crippen molar-refractivity contribution in [3.05, 3.63) is 35.4 Å². The largest absolute Gasteiger partial charge is 0.355 e. The fourth-order valence-electron chi connectivity index (χ4n) is 2.56. The van der Waals surface area contributed by atoms with Gasteiger partial charge in [-0.05, 0) is 43.1 Å². The molecule has 0 saturated heterocycles. The zero-order valence-corrected chi connectivity index (χ0v) is 13.7. The van der Waals surface area contributed by atoms with E-state index < -0.39 is 0 Å². The maximum absolute atomic E-state index is 12.2. The SMILES string of the molecule is O=C(CSCCCN1C(=O)c2ccccc2C1=O)NCC1CC1. The van der Waals surface area contributed by atoms with Crippen LogP contribution in [0.15, 0.2) is 24.3 Å². The van der Waals surface area contributed by atoms with Crippen LogP contribution in [-0.4, -0.2) is 47.2 Å². The van der Waals surface area contributed by atoms with Gasteiger partial charge >= 0.3 is 0 Å². The number of carbonyl (C=O) groups excluding carboxylic acids is 3. The van der Waals surface area contributed by atoms with E-state index in [9.17, 15) is 14.4 Å². The Labute approximate surface area is 139 Å². The smallest absolute Gasteiger partial charge is 0.261 e. The average Bonchev–Trinajstić information content (AvgIpc) is 3.36. The van der Waals surface area contributed by atoms with Gasteiger partial charge in [-0.2, -0.15) is 11.8 Å². The van der Waals surface area contributed by atoms with Gasteiger partial charge in [-0.25, -0.2) is 0 Å². The minimum atomic E-state index is -0.210. The predicted octanol–water partition coefficient (Wildman–Crippen LogP) is 1.93. The van der Waals surface area contributed by atoms with Crippen LogP contribution in [0.1, 0.15) is 40.0 Å². The van der Waals surface area contributed by atoms with Crippen LogP contribution < -0.4 is 5.32 Å². The van der Waals surface area contributed by atoms with Crippen LogP contribution in [0.5, 0.6) is 0 Å². The van der Waals surface area contributed by atoms with Gasteiger partial charge in [0.25, 0.3) is 11.8 Å². The number of amides is 3. The summed E-state index contributed by atoms with van der Waals surface area (Å²) in [5.41, 5.74) is 0.981. The Kier molecular flexibility index (Phi) is 5.00. The number of rotatable bonds is 8. The molecule has 0 aromatic heterocycles. The predicted molar refractivity (Wildman–Crippen MR) is 89.5 cm³/mol. The molecule has 1 aliphatic heterocycles. The van der Waals surface area contributed by atoms with Gasteiger partial charge in [-0.1, -0.05) is 12.1 Å². The Balaban J connectivity index is 1.35. The number of carbonyl (C=O) groups is 3. The molecule has 0 unspecified atom stereocenters. The van der Waals surface area contributed by atoms with Crippen molar-refractivity contribution in [1.29, 1.82) is 0 Å². The number of imide groups is 1. The molecule has 0 bridgehead atoms. The number of hydrogen-bond acceptors (Lipinski definition) is 4. The zero-order chi connectivity index (χ0) is 16.2. The third kappa shape index (κ3) is 3.93. The number of hydrogen-bond donors (Lipinski definition) is 1. The first-order valence-electron chi connectivity index (χ1n) is 7.96. The van der Waals surface area contributed by atoms with E-state index in [1.807, 2.05) is 0 Å². The van der Waals surface area contributed by atoms with Crippen LogP contribution in [0.2, 0.25) is 0 Å². The van der Waals surface area contributed by atoms with Crippen molar-refractivity contribution < 1.29 is 14.4 Å². The van der Waals surface area contributed by atoms with Crippen LogP contribution in [-0.2, 0) is 4.79 Å². The van der Waals surface area contributed by atoms with Crippen LogP contribution in [0.25, 0.3) is 0 Å². The van der Waals surface area contributed by atoms with Crippen molar-refractivity contribution in [3.8, 4) is 0 Å². The van der Waals surface area contributed by atoms with Crippen LogP contribution in [0.4, 0.5) is 0 Å². The number of nitrogens with zero attached hydrogens (tertiary/aromatic N) is 1. The highest BCUT2D eigenvalue weighted by molar-refractivity contribution is 7.99. The minimum absolute atomic E-state index is 0.0719. The zero-order valence-electron chi connectivity index (χ0n) is 12.9. The number of thioether (sulfide) groups is 1. The second-order valence-corrected chi connectivity index (χ2v) is 7.07. The van der Waals surface area contributed by atoms with E-state index in [0.29, 0.717) is 35.8 Å². The Morgan fingerprint density at radius 1 is 1.17 bits per heavy atom. The molecule has 0 radical (unpaired) electrons. The number of fused-ring (bicyclic) bond motifs is 1. The van der Waals surface area contributed by atoms with Gasteiger partial charge in [0.2, 0.25) is 5.91 Å².